The Bertz CT molecular complexity index is 544. The molecule has 2 fully saturated rings. The minimum absolute atomic E-state index is 0.375. The fourth-order valence-corrected chi connectivity index (χ4v) is 5.17. The van der Waals surface area contributed by atoms with Crippen LogP contribution in [0.1, 0.15) is 49.3 Å². The zero-order valence-electron chi connectivity index (χ0n) is 12.7. The van der Waals surface area contributed by atoms with Gasteiger partial charge in [-0.3, -0.25) is 0 Å². The molecule has 0 radical (unpaired) electrons. The molecular formula is C18H24ClNO. The zero-order chi connectivity index (χ0) is 14.4. The van der Waals surface area contributed by atoms with Crippen molar-refractivity contribution in [2.75, 3.05) is 13.7 Å². The van der Waals surface area contributed by atoms with E-state index in [0.29, 0.717) is 6.04 Å². The van der Waals surface area contributed by atoms with Crippen LogP contribution in [-0.2, 0) is 6.42 Å². The first-order valence-electron chi connectivity index (χ1n) is 8.37. The van der Waals surface area contributed by atoms with Crippen molar-refractivity contribution in [1.29, 1.82) is 0 Å². The number of benzene rings is 1. The van der Waals surface area contributed by atoms with Crippen LogP contribution >= 0.6 is 11.6 Å². The predicted molar refractivity (Wildman–Crippen MR) is 86.0 cm³/mol. The van der Waals surface area contributed by atoms with Crippen LogP contribution < -0.4 is 10.1 Å². The lowest BCUT2D eigenvalue weighted by Gasteiger charge is -2.27. The molecule has 1 aliphatic heterocycles. The molecule has 3 heteroatoms. The predicted octanol–water partition coefficient (Wildman–Crippen LogP) is 4.36. The van der Waals surface area contributed by atoms with Crippen LogP contribution in [0.4, 0.5) is 0 Å². The summed E-state index contributed by atoms with van der Waals surface area (Å²) in [5, 5.41) is 4.37. The Morgan fingerprint density at radius 2 is 2.24 bits per heavy atom. The summed E-state index contributed by atoms with van der Waals surface area (Å²) in [6.07, 6.45) is 8.07. The number of hydrogen-bond acceptors (Lipinski definition) is 2. The summed E-state index contributed by atoms with van der Waals surface area (Å²) in [5.41, 5.74) is 2.56. The smallest absolute Gasteiger partial charge is 0.127 e. The Hall–Kier alpha value is -0.730. The third-order valence-electron chi connectivity index (χ3n) is 5.92. The molecule has 2 nitrogen and oxygen atoms in total. The Morgan fingerprint density at radius 3 is 2.95 bits per heavy atom. The summed E-state index contributed by atoms with van der Waals surface area (Å²) < 4.78 is 5.90. The number of halogens is 1. The molecule has 4 atom stereocenters. The van der Waals surface area contributed by atoms with Crippen molar-refractivity contribution in [3.05, 3.63) is 28.3 Å². The summed E-state index contributed by atoms with van der Waals surface area (Å²) in [6.45, 7) is 0.799. The summed E-state index contributed by atoms with van der Waals surface area (Å²) in [4.78, 5) is 0. The molecule has 4 rings (SSSR count). The van der Waals surface area contributed by atoms with E-state index < -0.39 is 0 Å². The molecule has 3 aliphatic rings. The summed E-state index contributed by atoms with van der Waals surface area (Å²) in [5.74, 6) is 3.97. The van der Waals surface area contributed by atoms with Gasteiger partial charge in [0.05, 0.1) is 6.61 Å². The quantitative estimate of drug-likeness (QED) is 0.892. The van der Waals surface area contributed by atoms with E-state index in [1.54, 1.807) is 0 Å². The molecule has 2 saturated carbocycles. The first kappa shape index (κ1) is 13.9. The second kappa shape index (κ2) is 5.48. The van der Waals surface area contributed by atoms with Crippen LogP contribution in [0.2, 0.25) is 5.02 Å². The lowest BCUT2D eigenvalue weighted by molar-refractivity contribution is 0.279. The third-order valence-corrected chi connectivity index (χ3v) is 6.14. The van der Waals surface area contributed by atoms with Crippen LogP contribution in [0, 0.1) is 17.8 Å². The molecule has 1 N–H and O–H groups in total. The van der Waals surface area contributed by atoms with Crippen LogP contribution in [0.15, 0.2) is 12.1 Å². The van der Waals surface area contributed by atoms with Gasteiger partial charge in [0, 0.05) is 23.0 Å². The Labute approximate surface area is 132 Å². The standard InChI is InChI=1S/C18H24ClNO/c1-20-17(9-14-7-11-2-3-12(14)6-11)16-10-15(19)8-13-4-5-21-18(13)16/h8,10-12,14,17,20H,2-7,9H2,1H3. The van der Waals surface area contributed by atoms with E-state index in [1.165, 1.54) is 43.2 Å². The number of ether oxygens (including phenoxy) is 1. The Morgan fingerprint density at radius 1 is 1.33 bits per heavy atom. The van der Waals surface area contributed by atoms with Crippen molar-refractivity contribution in [3.63, 3.8) is 0 Å². The van der Waals surface area contributed by atoms with Gasteiger partial charge in [-0.05, 0) is 68.2 Å². The highest BCUT2D eigenvalue weighted by Gasteiger charge is 2.40. The third kappa shape index (κ3) is 2.47. The number of nitrogens with one attached hydrogen (secondary N) is 1. The molecule has 0 amide bonds. The van der Waals surface area contributed by atoms with Crippen molar-refractivity contribution in [3.8, 4) is 5.75 Å². The van der Waals surface area contributed by atoms with E-state index in [-0.39, 0.29) is 0 Å². The maximum Gasteiger partial charge on any atom is 0.127 e. The maximum atomic E-state index is 6.33. The van der Waals surface area contributed by atoms with Gasteiger partial charge in [0.15, 0.2) is 0 Å². The van der Waals surface area contributed by atoms with E-state index >= 15 is 0 Å². The molecule has 2 aliphatic carbocycles. The first-order valence-corrected chi connectivity index (χ1v) is 8.74. The summed E-state index contributed by atoms with van der Waals surface area (Å²) in [6, 6.07) is 4.55. The molecule has 114 valence electrons. The average Bonchev–Trinajstić information content (AvgIpc) is 3.19. The van der Waals surface area contributed by atoms with Crippen molar-refractivity contribution in [1.82, 2.24) is 5.32 Å². The van der Waals surface area contributed by atoms with Gasteiger partial charge in [0.1, 0.15) is 5.75 Å². The fraction of sp³-hybridized carbons (Fsp3) is 0.667. The van der Waals surface area contributed by atoms with Crippen molar-refractivity contribution in [2.24, 2.45) is 17.8 Å². The van der Waals surface area contributed by atoms with E-state index in [1.807, 2.05) is 0 Å². The first-order chi connectivity index (χ1) is 10.2. The van der Waals surface area contributed by atoms with Crippen LogP contribution in [0.5, 0.6) is 5.75 Å². The molecule has 1 aromatic carbocycles. The fourth-order valence-electron chi connectivity index (χ4n) is 4.92. The van der Waals surface area contributed by atoms with E-state index in [2.05, 4.69) is 24.5 Å². The molecule has 1 aromatic rings. The minimum atomic E-state index is 0.375. The summed E-state index contributed by atoms with van der Waals surface area (Å²) >= 11 is 6.33. The van der Waals surface area contributed by atoms with E-state index in [4.69, 9.17) is 16.3 Å². The van der Waals surface area contributed by atoms with Crippen LogP contribution in [0.25, 0.3) is 0 Å². The lowest BCUT2D eigenvalue weighted by Crippen LogP contribution is -2.23. The van der Waals surface area contributed by atoms with Crippen molar-refractivity contribution in [2.45, 2.75) is 44.6 Å². The Kier molecular flexibility index (Phi) is 3.63. The van der Waals surface area contributed by atoms with Gasteiger partial charge in [-0.1, -0.05) is 18.0 Å². The SMILES string of the molecule is CNC(CC1CC2CCC1C2)c1cc(Cl)cc2c1OCC2. The van der Waals surface area contributed by atoms with Crippen LogP contribution in [0.3, 0.4) is 0 Å². The number of rotatable bonds is 4. The number of hydrogen-bond donors (Lipinski definition) is 1. The Balaban J connectivity index is 1.59. The largest absolute Gasteiger partial charge is 0.493 e. The second-order valence-corrected chi connectivity index (χ2v) is 7.53. The highest BCUT2D eigenvalue weighted by Crippen LogP contribution is 2.51. The average molecular weight is 306 g/mol. The van der Waals surface area contributed by atoms with Crippen molar-refractivity contribution < 1.29 is 4.74 Å². The molecule has 0 aromatic heterocycles. The molecule has 1 heterocycles. The van der Waals surface area contributed by atoms with Gasteiger partial charge in [0.25, 0.3) is 0 Å². The van der Waals surface area contributed by atoms with Gasteiger partial charge in [-0.2, -0.15) is 0 Å². The molecular weight excluding hydrogens is 282 g/mol. The monoisotopic (exact) mass is 305 g/mol. The topological polar surface area (TPSA) is 21.3 Å². The second-order valence-electron chi connectivity index (χ2n) is 7.09. The minimum Gasteiger partial charge on any atom is -0.493 e. The number of fused-ring (bicyclic) bond motifs is 3. The molecule has 0 spiro atoms. The highest BCUT2D eigenvalue weighted by atomic mass is 35.5. The van der Waals surface area contributed by atoms with Gasteiger partial charge in [-0.25, -0.2) is 0 Å². The molecule has 0 saturated heterocycles. The summed E-state index contributed by atoms with van der Waals surface area (Å²) in [7, 11) is 2.07. The van der Waals surface area contributed by atoms with Gasteiger partial charge in [0.2, 0.25) is 0 Å². The van der Waals surface area contributed by atoms with Crippen LogP contribution in [-0.4, -0.2) is 13.7 Å². The molecule has 4 unspecified atom stereocenters. The lowest BCUT2D eigenvalue weighted by atomic mass is 9.82. The molecule has 2 bridgehead atoms. The molecule has 21 heavy (non-hydrogen) atoms. The van der Waals surface area contributed by atoms with E-state index in [0.717, 1.165) is 41.6 Å². The highest BCUT2D eigenvalue weighted by molar-refractivity contribution is 6.30. The van der Waals surface area contributed by atoms with E-state index in [9.17, 15) is 0 Å². The van der Waals surface area contributed by atoms with Gasteiger partial charge in [-0.15, -0.1) is 0 Å². The van der Waals surface area contributed by atoms with Gasteiger partial charge >= 0.3 is 0 Å². The normalized spacial score (nSPS) is 31.2. The maximum absolute atomic E-state index is 6.33. The van der Waals surface area contributed by atoms with Gasteiger partial charge < -0.3 is 10.1 Å². The van der Waals surface area contributed by atoms with Crippen molar-refractivity contribution >= 4 is 11.6 Å². The zero-order valence-corrected chi connectivity index (χ0v) is 13.5.